The molecule has 0 aromatic carbocycles. The van der Waals surface area contributed by atoms with Gasteiger partial charge in [-0.15, -0.1) is 11.1 Å². The molecule has 0 bridgehead atoms. The highest BCUT2D eigenvalue weighted by molar-refractivity contribution is 7.16. The third kappa shape index (κ3) is 4.94. The van der Waals surface area contributed by atoms with Crippen LogP contribution in [0.1, 0.15) is 19.8 Å². The van der Waals surface area contributed by atoms with Crippen molar-refractivity contribution >= 4 is 18.7 Å². The second kappa shape index (κ2) is 4.31. The summed E-state index contributed by atoms with van der Waals surface area (Å²) >= 11 is 6.02. The molecule has 0 fully saturated rings. The quantitative estimate of drug-likeness (QED) is 0.461. The Labute approximate surface area is 63.2 Å². The third-order valence-corrected chi connectivity index (χ3v) is 4.53. The summed E-state index contributed by atoms with van der Waals surface area (Å²) < 4.78 is 5.14. The van der Waals surface area contributed by atoms with E-state index in [1.165, 1.54) is 12.8 Å². The van der Waals surface area contributed by atoms with Gasteiger partial charge < -0.3 is 4.43 Å². The van der Waals surface area contributed by atoms with E-state index in [1.54, 1.807) is 7.11 Å². The Bertz CT molecular complexity index is 75.5. The van der Waals surface area contributed by atoms with E-state index in [1.807, 2.05) is 6.55 Å². The first-order chi connectivity index (χ1) is 4.12. The number of rotatable bonds is 4. The van der Waals surface area contributed by atoms with E-state index >= 15 is 0 Å². The molecule has 0 amide bonds. The van der Waals surface area contributed by atoms with Crippen molar-refractivity contribution in [2.45, 2.75) is 32.4 Å². The van der Waals surface area contributed by atoms with Gasteiger partial charge in [0.05, 0.1) is 0 Å². The average Bonchev–Trinajstić information content (AvgIpc) is 1.84. The largest absolute Gasteiger partial charge is 0.407 e. The summed E-state index contributed by atoms with van der Waals surface area (Å²) in [4.78, 5) is 0. The summed E-state index contributed by atoms with van der Waals surface area (Å²) in [6.45, 7) is 4.20. The topological polar surface area (TPSA) is 9.23 Å². The van der Waals surface area contributed by atoms with E-state index in [-0.39, 0.29) is 0 Å². The van der Waals surface area contributed by atoms with Gasteiger partial charge in [0.15, 0.2) is 0 Å². The lowest BCUT2D eigenvalue weighted by atomic mass is 10.4. The Morgan fingerprint density at radius 2 is 2.11 bits per heavy atom. The van der Waals surface area contributed by atoms with Gasteiger partial charge in [-0.3, -0.25) is 0 Å². The summed E-state index contributed by atoms with van der Waals surface area (Å²) in [5.41, 5.74) is 0. The molecular formula is C6H15ClOSi. The first-order valence-corrected chi connectivity index (χ1v) is 6.99. The molecular weight excluding hydrogens is 152 g/mol. The van der Waals surface area contributed by atoms with E-state index in [2.05, 4.69) is 6.92 Å². The molecule has 0 heterocycles. The molecule has 0 aromatic rings. The molecule has 0 radical (unpaired) electrons. The molecule has 1 nitrogen and oxygen atoms in total. The molecule has 9 heavy (non-hydrogen) atoms. The van der Waals surface area contributed by atoms with Crippen LogP contribution in [0.3, 0.4) is 0 Å². The highest BCUT2D eigenvalue weighted by atomic mass is 35.6. The van der Waals surface area contributed by atoms with Crippen LogP contribution in [0.15, 0.2) is 0 Å². The van der Waals surface area contributed by atoms with Gasteiger partial charge in [0.2, 0.25) is 0 Å². The summed E-state index contributed by atoms with van der Waals surface area (Å²) in [6, 6.07) is 1.07. The van der Waals surface area contributed by atoms with Crippen molar-refractivity contribution < 1.29 is 4.43 Å². The predicted octanol–water partition coefficient (Wildman–Crippen LogP) is 2.74. The van der Waals surface area contributed by atoms with Crippen LogP contribution in [0, 0.1) is 0 Å². The summed E-state index contributed by atoms with van der Waals surface area (Å²) in [5, 5.41) is 0. The van der Waals surface area contributed by atoms with Gasteiger partial charge in [0, 0.05) is 7.11 Å². The zero-order valence-corrected chi connectivity index (χ0v) is 8.16. The first kappa shape index (κ1) is 9.47. The molecule has 0 aliphatic heterocycles. The van der Waals surface area contributed by atoms with Crippen molar-refractivity contribution in [2.75, 3.05) is 7.11 Å². The fourth-order valence-corrected chi connectivity index (χ4v) is 2.18. The third-order valence-electron chi connectivity index (χ3n) is 1.40. The molecule has 0 spiro atoms. The SMILES string of the molecule is CCCC[Si](C)(Cl)OC. The molecule has 0 aromatic heterocycles. The maximum atomic E-state index is 6.02. The van der Waals surface area contributed by atoms with E-state index in [9.17, 15) is 0 Å². The molecule has 0 aliphatic rings. The van der Waals surface area contributed by atoms with Crippen molar-refractivity contribution in [2.24, 2.45) is 0 Å². The van der Waals surface area contributed by atoms with Crippen molar-refractivity contribution in [1.29, 1.82) is 0 Å². The maximum absolute atomic E-state index is 6.02. The van der Waals surface area contributed by atoms with Gasteiger partial charge in [0.25, 0.3) is 7.63 Å². The number of unbranched alkanes of at least 4 members (excludes halogenated alkanes) is 1. The lowest BCUT2D eigenvalue weighted by Gasteiger charge is -2.15. The predicted molar refractivity (Wildman–Crippen MR) is 44.2 cm³/mol. The second-order valence-electron chi connectivity index (χ2n) is 2.41. The molecule has 56 valence electrons. The number of hydrogen-bond donors (Lipinski definition) is 0. The molecule has 0 N–H and O–H groups in total. The Balaban J connectivity index is 3.33. The molecule has 1 atom stereocenters. The van der Waals surface area contributed by atoms with Crippen molar-refractivity contribution in [1.82, 2.24) is 0 Å². The minimum atomic E-state index is -1.73. The average molecular weight is 167 g/mol. The fraction of sp³-hybridized carbons (Fsp3) is 1.00. The van der Waals surface area contributed by atoms with Crippen LogP contribution in [0.5, 0.6) is 0 Å². The van der Waals surface area contributed by atoms with Gasteiger partial charge in [0.1, 0.15) is 0 Å². The highest BCUT2D eigenvalue weighted by Gasteiger charge is 2.22. The molecule has 0 aliphatic carbocycles. The van der Waals surface area contributed by atoms with Crippen LogP contribution in [0.25, 0.3) is 0 Å². The van der Waals surface area contributed by atoms with Crippen LogP contribution in [0.2, 0.25) is 12.6 Å². The molecule has 1 unspecified atom stereocenters. The molecule has 0 saturated carbocycles. The van der Waals surface area contributed by atoms with Gasteiger partial charge >= 0.3 is 0 Å². The lowest BCUT2D eigenvalue weighted by molar-refractivity contribution is 0.414. The smallest absolute Gasteiger partial charge is 0.286 e. The Kier molecular flexibility index (Phi) is 4.53. The van der Waals surface area contributed by atoms with Crippen LogP contribution in [-0.2, 0) is 4.43 Å². The van der Waals surface area contributed by atoms with Gasteiger partial charge in [-0.05, 0) is 12.6 Å². The summed E-state index contributed by atoms with van der Waals surface area (Å²) in [7, 11) is -0.0228. The number of halogens is 1. The Morgan fingerprint density at radius 1 is 1.56 bits per heavy atom. The van der Waals surface area contributed by atoms with Gasteiger partial charge in [-0.1, -0.05) is 19.8 Å². The van der Waals surface area contributed by atoms with Crippen molar-refractivity contribution in [3.8, 4) is 0 Å². The minimum Gasteiger partial charge on any atom is -0.407 e. The Hall–Kier alpha value is 0.467. The monoisotopic (exact) mass is 166 g/mol. The highest BCUT2D eigenvalue weighted by Crippen LogP contribution is 2.17. The minimum absolute atomic E-state index is 1.07. The van der Waals surface area contributed by atoms with Crippen molar-refractivity contribution in [3.05, 3.63) is 0 Å². The normalized spacial score (nSPS) is 17.3. The second-order valence-corrected chi connectivity index (χ2v) is 7.92. The van der Waals surface area contributed by atoms with Gasteiger partial charge in [-0.25, -0.2) is 0 Å². The zero-order chi connectivity index (χ0) is 7.33. The van der Waals surface area contributed by atoms with Crippen LogP contribution >= 0.6 is 11.1 Å². The van der Waals surface area contributed by atoms with Crippen LogP contribution in [0.4, 0.5) is 0 Å². The van der Waals surface area contributed by atoms with E-state index < -0.39 is 7.63 Å². The Morgan fingerprint density at radius 3 is 2.44 bits per heavy atom. The number of hydrogen-bond acceptors (Lipinski definition) is 1. The van der Waals surface area contributed by atoms with E-state index in [0.29, 0.717) is 0 Å². The summed E-state index contributed by atoms with van der Waals surface area (Å²) in [6.07, 6.45) is 2.40. The molecule has 0 saturated heterocycles. The van der Waals surface area contributed by atoms with Crippen LogP contribution < -0.4 is 0 Å². The van der Waals surface area contributed by atoms with Gasteiger partial charge in [-0.2, -0.15) is 0 Å². The van der Waals surface area contributed by atoms with E-state index in [0.717, 1.165) is 6.04 Å². The fourth-order valence-electron chi connectivity index (χ4n) is 0.595. The van der Waals surface area contributed by atoms with E-state index in [4.69, 9.17) is 15.5 Å². The maximum Gasteiger partial charge on any atom is 0.286 e. The van der Waals surface area contributed by atoms with Crippen molar-refractivity contribution in [3.63, 3.8) is 0 Å². The van der Waals surface area contributed by atoms with Crippen LogP contribution in [-0.4, -0.2) is 14.7 Å². The first-order valence-electron chi connectivity index (χ1n) is 3.36. The molecule has 3 heteroatoms. The standard InChI is InChI=1S/C6H15ClOSi/c1-4-5-6-9(3,7)8-2/h4-6H2,1-3H3. The lowest BCUT2D eigenvalue weighted by Crippen LogP contribution is -2.24. The zero-order valence-electron chi connectivity index (χ0n) is 6.41. The summed E-state index contributed by atoms with van der Waals surface area (Å²) in [5.74, 6) is 0. The molecule has 0 rings (SSSR count).